The molecule has 54 valence electrons. The molecule has 1 aliphatic rings. The second kappa shape index (κ2) is 3.80. The van der Waals surface area contributed by atoms with E-state index in [-0.39, 0.29) is 0 Å². The summed E-state index contributed by atoms with van der Waals surface area (Å²) in [7, 11) is 0. The van der Waals surface area contributed by atoms with Crippen molar-refractivity contribution < 1.29 is 4.74 Å². The van der Waals surface area contributed by atoms with E-state index in [1.54, 1.807) is 6.26 Å². The lowest BCUT2D eigenvalue weighted by Crippen LogP contribution is -2.00. The lowest BCUT2D eigenvalue weighted by molar-refractivity contribution is 0.224. The Balaban J connectivity index is 2.38. The third kappa shape index (κ3) is 1.99. The van der Waals surface area contributed by atoms with Crippen LogP contribution in [0.3, 0.4) is 0 Å². The highest BCUT2D eigenvalue weighted by molar-refractivity contribution is 5.02. The van der Waals surface area contributed by atoms with Gasteiger partial charge in [0, 0.05) is 4.91 Å². The van der Waals surface area contributed by atoms with Gasteiger partial charge in [-0.25, -0.2) is 0 Å². The average Bonchev–Trinajstić information content (AvgIpc) is 2.03. The SMILES string of the molecule is [N-]=[N+]=NCC1=COCCC1. The van der Waals surface area contributed by atoms with Gasteiger partial charge in [-0.3, -0.25) is 0 Å². The van der Waals surface area contributed by atoms with Gasteiger partial charge in [-0.15, -0.1) is 0 Å². The van der Waals surface area contributed by atoms with E-state index in [1.807, 2.05) is 0 Å². The van der Waals surface area contributed by atoms with Crippen molar-refractivity contribution in [3.8, 4) is 0 Å². The molecule has 1 rings (SSSR count). The van der Waals surface area contributed by atoms with Crippen LogP contribution < -0.4 is 0 Å². The van der Waals surface area contributed by atoms with Crippen LogP contribution in [0.4, 0.5) is 0 Å². The third-order valence-corrected chi connectivity index (χ3v) is 1.35. The number of rotatable bonds is 2. The molecule has 0 aromatic rings. The van der Waals surface area contributed by atoms with Crippen LogP contribution in [0.25, 0.3) is 10.4 Å². The molecule has 0 unspecified atom stereocenters. The highest BCUT2D eigenvalue weighted by Crippen LogP contribution is 2.11. The van der Waals surface area contributed by atoms with Gasteiger partial charge in [-0.05, 0) is 23.9 Å². The lowest BCUT2D eigenvalue weighted by atomic mass is 10.1. The first kappa shape index (κ1) is 6.96. The van der Waals surface area contributed by atoms with Crippen molar-refractivity contribution in [2.24, 2.45) is 5.11 Å². The summed E-state index contributed by atoms with van der Waals surface area (Å²) >= 11 is 0. The largest absolute Gasteiger partial charge is 0.501 e. The Morgan fingerprint density at radius 1 is 1.80 bits per heavy atom. The summed E-state index contributed by atoms with van der Waals surface area (Å²) in [5, 5.41) is 3.43. The quantitative estimate of drug-likeness (QED) is 0.328. The summed E-state index contributed by atoms with van der Waals surface area (Å²) in [6, 6.07) is 0. The van der Waals surface area contributed by atoms with Crippen LogP contribution in [0, 0.1) is 0 Å². The Morgan fingerprint density at radius 3 is 3.30 bits per heavy atom. The number of hydrogen-bond acceptors (Lipinski definition) is 2. The van der Waals surface area contributed by atoms with E-state index in [2.05, 4.69) is 10.0 Å². The first-order valence-electron chi connectivity index (χ1n) is 3.24. The molecule has 0 aromatic carbocycles. The van der Waals surface area contributed by atoms with E-state index < -0.39 is 0 Å². The number of nitrogens with zero attached hydrogens (tertiary/aromatic N) is 3. The van der Waals surface area contributed by atoms with Gasteiger partial charge in [-0.2, -0.15) is 0 Å². The summed E-state index contributed by atoms with van der Waals surface area (Å²) in [6.07, 6.45) is 3.73. The molecule has 0 fully saturated rings. The van der Waals surface area contributed by atoms with Gasteiger partial charge >= 0.3 is 0 Å². The van der Waals surface area contributed by atoms with Gasteiger partial charge in [-0.1, -0.05) is 5.11 Å². The number of hydrogen-bond donors (Lipinski definition) is 0. The van der Waals surface area contributed by atoms with E-state index in [4.69, 9.17) is 10.3 Å². The molecule has 0 bridgehead atoms. The molecule has 0 aromatic heterocycles. The minimum absolute atomic E-state index is 0.455. The van der Waals surface area contributed by atoms with Crippen LogP contribution in [0.5, 0.6) is 0 Å². The molecule has 10 heavy (non-hydrogen) atoms. The van der Waals surface area contributed by atoms with Gasteiger partial charge in [0.15, 0.2) is 0 Å². The predicted octanol–water partition coefficient (Wildman–Crippen LogP) is 1.99. The molecule has 0 saturated heterocycles. The Morgan fingerprint density at radius 2 is 2.70 bits per heavy atom. The summed E-state index contributed by atoms with van der Waals surface area (Å²) in [4.78, 5) is 2.66. The molecule has 0 amide bonds. The fraction of sp³-hybridized carbons (Fsp3) is 0.667. The molecule has 4 nitrogen and oxygen atoms in total. The van der Waals surface area contributed by atoms with Crippen molar-refractivity contribution in [1.29, 1.82) is 0 Å². The summed E-state index contributed by atoms with van der Waals surface area (Å²) in [5.74, 6) is 0. The van der Waals surface area contributed by atoms with E-state index >= 15 is 0 Å². The first-order chi connectivity index (χ1) is 4.93. The summed E-state index contributed by atoms with van der Waals surface area (Å²) < 4.78 is 5.03. The molecule has 4 heteroatoms. The lowest BCUT2D eigenvalue weighted by Gasteiger charge is -2.10. The van der Waals surface area contributed by atoms with Crippen molar-refractivity contribution in [1.82, 2.24) is 0 Å². The highest BCUT2D eigenvalue weighted by atomic mass is 16.5. The van der Waals surface area contributed by atoms with Crippen molar-refractivity contribution in [3.05, 3.63) is 22.3 Å². The van der Waals surface area contributed by atoms with Crippen LogP contribution in [0.2, 0.25) is 0 Å². The third-order valence-electron chi connectivity index (χ3n) is 1.35. The number of azide groups is 1. The van der Waals surface area contributed by atoms with Gasteiger partial charge < -0.3 is 4.74 Å². The van der Waals surface area contributed by atoms with Crippen molar-refractivity contribution in [2.75, 3.05) is 13.2 Å². The van der Waals surface area contributed by atoms with Crippen LogP contribution in [0.1, 0.15) is 12.8 Å². The van der Waals surface area contributed by atoms with E-state index in [0.717, 1.165) is 25.0 Å². The predicted molar refractivity (Wildman–Crippen MR) is 37.3 cm³/mol. The van der Waals surface area contributed by atoms with E-state index in [0.29, 0.717) is 6.54 Å². The minimum Gasteiger partial charge on any atom is -0.501 e. The molecular weight excluding hydrogens is 130 g/mol. The van der Waals surface area contributed by atoms with Crippen molar-refractivity contribution in [3.63, 3.8) is 0 Å². The first-order valence-corrected chi connectivity index (χ1v) is 3.24. The van der Waals surface area contributed by atoms with Crippen LogP contribution >= 0.6 is 0 Å². The fourth-order valence-corrected chi connectivity index (χ4v) is 0.857. The van der Waals surface area contributed by atoms with Crippen molar-refractivity contribution in [2.45, 2.75) is 12.8 Å². The fourth-order valence-electron chi connectivity index (χ4n) is 0.857. The van der Waals surface area contributed by atoms with E-state index in [9.17, 15) is 0 Å². The van der Waals surface area contributed by atoms with E-state index in [1.165, 1.54) is 0 Å². The van der Waals surface area contributed by atoms with Crippen LogP contribution in [0.15, 0.2) is 16.9 Å². The molecule has 0 atom stereocenters. The Hall–Kier alpha value is -1.15. The number of ether oxygens (including phenoxy) is 1. The minimum atomic E-state index is 0.455. The normalized spacial score (nSPS) is 16.6. The maximum atomic E-state index is 7.99. The maximum Gasteiger partial charge on any atom is 0.0876 e. The molecule has 0 N–H and O–H groups in total. The van der Waals surface area contributed by atoms with Crippen molar-refractivity contribution >= 4 is 0 Å². The zero-order valence-electron chi connectivity index (χ0n) is 5.66. The summed E-state index contributed by atoms with van der Waals surface area (Å²) in [6.45, 7) is 1.25. The molecule has 0 saturated carbocycles. The van der Waals surface area contributed by atoms with Crippen LogP contribution in [-0.4, -0.2) is 13.2 Å². The zero-order chi connectivity index (χ0) is 7.23. The second-order valence-electron chi connectivity index (χ2n) is 2.14. The Labute approximate surface area is 59.1 Å². The standard InChI is InChI=1S/C6H9N3O/c7-9-8-4-6-2-1-3-10-5-6/h5H,1-4H2. The van der Waals surface area contributed by atoms with Gasteiger partial charge in [0.1, 0.15) is 0 Å². The monoisotopic (exact) mass is 139 g/mol. The summed E-state index contributed by atoms with van der Waals surface area (Å²) in [5.41, 5.74) is 9.07. The zero-order valence-corrected chi connectivity index (χ0v) is 5.66. The molecule has 1 aliphatic heterocycles. The smallest absolute Gasteiger partial charge is 0.0876 e. The molecule has 0 radical (unpaired) electrons. The van der Waals surface area contributed by atoms with Crippen LogP contribution in [-0.2, 0) is 4.74 Å². The highest BCUT2D eigenvalue weighted by Gasteiger charge is 2.01. The molecular formula is C6H9N3O. The topological polar surface area (TPSA) is 58.0 Å². The Kier molecular flexibility index (Phi) is 2.64. The average molecular weight is 139 g/mol. The Bertz CT molecular complexity index is 181. The molecule has 1 heterocycles. The second-order valence-corrected chi connectivity index (χ2v) is 2.14. The maximum absolute atomic E-state index is 7.99. The van der Waals surface area contributed by atoms with Gasteiger partial charge in [0.2, 0.25) is 0 Å². The molecule has 0 aliphatic carbocycles. The molecule has 0 spiro atoms. The van der Waals surface area contributed by atoms with Gasteiger partial charge in [0.05, 0.1) is 19.4 Å². The van der Waals surface area contributed by atoms with Gasteiger partial charge in [0.25, 0.3) is 0 Å².